The predicted octanol–water partition coefficient (Wildman–Crippen LogP) is 4.75. The standard InChI is InChI=1S/C17H20BrClN4OS/c1-10(2)15-14(18)16(22-21-15)17(24)20-11-3-4-13(12(19)9-11)23-5-7-25-8-6-23/h3-4,9-10H,5-8H2,1-2H3,(H,20,24)(H,21,22). The van der Waals surface area contributed by atoms with Crippen molar-refractivity contribution in [2.75, 3.05) is 34.8 Å². The number of carbonyl (C=O) groups is 1. The molecule has 8 heteroatoms. The largest absolute Gasteiger partial charge is 0.369 e. The molecule has 1 aliphatic heterocycles. The van der Waals surface area contributed by atoms with Crippen molar-refractivity contribution in [2.24, 2.45) is 0 Å². The lowest BCUT2D eigenvalue weighted by molar-refractivity contribution is 0.102. The van der Waals surface area contributed by atoms with Gasteiger partial charge >= 0.3 is 0 Å². The van der Waals surface area contributed by atoms with Gasteiger partial charge in [-0.15, -0.1) is 0 Å². The molecular weight excluding hydrogens is 424 g/mol. The molecule has 0 radical (unpaired) electrons. The van der Waals surface area contributed by atoms with E-state index in [1.54, 1.807) is 6.07 Å². The molecule has 1 aromatic heterocycles. The molecule has 2 N–H and O–H groups in total. The number of anilines is 2. The van der Waals surface area contributed by atoms with Crippen molar-refractivity contribution in [3.05, 3.63) is 39.1 Å². The smallest absolute Gasteiger partial charge is 0.277 e. The maximum Gasteiger partial charge on any atom is 0.277 e. The maximum absolute atomic E-state index is 12.5. The molecule has 1 fully saturated rings. The lowest BCUT2D eigenvalue weighted by Gasteiger charge is -2.29. The summed E-state index contributed by atoms with van der Waals surface area (Å²) in [6.45, 7) is 6.07. The average molecular weight is 444 g/mol. The Labute approximate surface area is 165 Å². The molecule has 0 unspecified atom stereocenters. The number of hydrogen-bond donors (Lipinski definition) is 2. The minimum atomic E-state index is -0.270. The van der Waals surface area contributed by atoms with E-state index in [1.807, 2.05) is 37.7 Å². The van der Waals surface area contributed by atoms with Crippen molar-refractivity contribution >= 4 is 56.6 Å². The van der Waals surface area contributed by atoms with Gasteiger partial charge in [-0.25, -0.2) is 0 Å². The van der Waals surface area contributed by atoms with Gasteiger partial charge in [0.05, 0.1) is 20.9 Å². The summed E-state index contributed by atoms with van der Waals surface area (Å²) in [5, 5.41) is 10.5. The Hall–Kier alpha value is -1.18. The summed E-state index contributed by atoms with van der Waals surface area (Å²) in [6, 6.07) is 5.64. The Morgan fingerprint density at radius 3 is 2.72 bits per heavy atom. The van der Waals surface area contributed by atoms with Crippen LogP contribution in [-0.4, -0.2) is 40.7 Å². The summed E-state index contributed by atoms with van der Waals surface area (Å²) in [7, 11) is 0. The van der Waals surface area contributed by atoms with Gasteiger partial charge in [0.2, 0.25) is 0 Å². The highest BCUT2D eigenvalue weighted by Crippen LogP contribution is 2.31. The molecule has 1 aromatic carbocycles. The zero-order valence-corrected chi connectivity index (χ0v) is 17.3. The molecule has 5 nitrogen and oxygen atoms in total. The third-order valence-corrected chi connectivity index (χ3v) is 6.13. The van der Waals surface area contributed by atoms with E-state index < -0.39 is 0 Å². The molecule has 2 heterocycles. The van der Waals surface area contributed by atoms with Crippen LogP contribution >= 0.6 is 39.3 Å². The van der Waals surface area contributed by atoms with Gasteiger partial charge in [-0.3, -0.25) is 9.89 Å². The van der Waals surface area contributed by atoms with Crippen molar-refractivity contribution < 1.29 is 4.79 Å². The number of aromatic nitrogens is 2. The highest BCUT2D eigenvalue weighted by Gasteiger charge is 2.20. The second-order valence-corrected chi connectivity index (χ2v) is 8.60. The topological polar surface area (TPSA) is 61.0 Å². The SMILES string of the molecule is CC(C)c1[nH]nc(C(=O)Nc2ccc(N3CCSCC3)c(Cl)c2)c1Br. The number of nitrogens with one attached hydrogen (secondary N) is 2. The second kappa shape index (κ2) is 8.01. The zero-order chi connectivity index (χ0) is 18.0. The monoisotopic (exact) mass is 442 g/mol. The van der Waals surface area contributed by atoms with Crippen LogP contribution in [0.15, 0.2) is 22.7 Å². The summed E-state index contributed by atoms with van der Waals surface area (Å²) in [4.78, 5) is 14.8. The third-order valence-electron chi connectivity index (χ3n) is 4.08. The predicted molar refractivity (Wildman–Crippen MR) is 109 cm³/mol. The number of hydrogen-bond acceptors (Lipinski definition) is 4. The van der Waals surface area contributed by atoms with Gasteiger partial charge in [0.1, 0.15) is 0 Å². The van der Waals surface area contributed by atoms with E-state index in [2.05, 4.69) is 36.3 Å². The number of thioether (sulfide) groups is 1. The van der Waals surface area contributed by atoms with E-state index >= 15 is 0 Å². The van der Waals surface area contributed by atoms with Crippen LogP contribution in [0.5, 0.6) is 0 Å². The first-order valence-electron chi connectivity index (χ1n) is 8.14. The average Bonchev–Trinajstić information content (AvgIpc) is 2.97. The Balaban J connectivity index is 1.74. The molecular formula is C17H20BrClN4OS. The van der Waals surface area contributed by atoms with E-state index in [0.717, 1.165) is 36.0 Å². The molecule has 25 heavy (non-hydrogen) atoms. The fourth-order valence-electron chi connectivity index (χ4n) is 2.71. The zero-order valence-electron chi connectivity index (χ0n) is 14.1. The molecule has 1 amide bonds. The second-order valence-electron chi connectivity index (χ2n) is 6.17. The first-order valence-corrected chi connectivity index (χ1v) is 10.5. The number of amides is 1. The molecule has 0 aliphatic carbocycles. The van der Waals surface area contributed by atoms with Crippen LogP contribution in [0.25, 0.3) is 0 Å². The van der Waals surface area contributed by atoms with Crippen LogP contribution in [0.1, 0.15) is 35.9 Å². The van der Waals surface area contributed by atoms with Gasteiger partial charge in [0, 0.05) is 30.3 Å². The number of nitrogens with zero attached hydrogens (tertiary/aromatic N) is 2. The van der Waals surface area contributed by atoms with Crippen LogP contribution in [0.4, 0.5) is 11.4 Å². The fraction of sp³-hybridized carbons (Fsp3) is 0.412. The molecule has 1 aliphatic rings. The first kappa shape index (κ1) is 18.6. The highest BCUT2D eigenvalue weighted by molar-refractivity contribution is 9.10. The Morgan fingerprint density at radius 1 is 1.40 bits per heavy atom. The van der Waals surface area contributed by atoms with Crippen LogP contribution in [0, 0.1) is 0 Å². The van der Waals surface area contributed by atoms with Gasteiger partial charge < -0.3 is 10.2 Å². The van der Waals surface area contributed by atoms with Gasteiger partial charge in [0.15, 0.2) is 5.69 Å². The van der Waals surface area contributed by atoms with Crippen LogP contribution < -0.4 is 10.2 Å². The molecule has 0 saturated carbocycles. The van der Waals surface area contributed by atoms with Crippen molar-refractivity contribution in [3.63, 3.8) is 0 Å². The summed E-state index contributed by atoms with van der Waals surface area (Å²) in [5.41, 5.74) is 2.92. The summed E-state index contributed by atoms with van der Waals surface area (Å²) in [6.07, 6.45) is 0. The molecule has 0 bridgehead atoms. The molecule has 1 saturated heterocycles. The first-order chi connectivity index (χ1) is 12.0. The normalized spacial score (nSPS) is 14.8. The van der Waals surface area contributed by atoms with Crippen molar-refractivity contribution in [1.29, 1.82) is 0 Å². The Bertz CT molecular complexity index is 774. The van der Waals surface area contributed by atoms with E-state index in [4.69, 9.17) is 11.6 Å². The molecule has 2 aromatic rings. The minimum Gasteiger partial charge on any atom is -0.369 e. The van der Waals surface area contributed by atoms with Gasteiger partial charge in [-0.05, 0) is 40.0 Å². The highest BCUT2D eigenvalue weighted by atomic mass is 79.9. The number of rotatable bonds is 4. The number of H-pyrrole nitrogens is 1. The quantitative estimate of drug-likeness (QED) is 0.715. The maximum atomic E-state index is 12.5. The molecule has 134 valence electrons. The van der Waals surface area contributed by atoms with E-state index in [0.29, 0.717) is 20.9 Å². The summed E-state index contributed by atoms with van der Waals surface area (Å²) >= 11 is 11.9. The van der Waals surface area contributed by atoms with E-state index in [1.165, 1.54) is 0 Å². The lowest BCUT2D eigenvalue weighted by Crippen LogP contribution is -2.32. The van der Waals surface area contributed by atoms with Crippen molar-refractivity contribution in [2.45, 2.75) is 19.8 Å². The number of benzene rings is 1. The van der Waals surface area contributed by atoms with E-state index in [-0.39, 0.29) is 11.8 Å². The van der Waals surface area contributed by atoms with Crippen molar-refractivity contribution in [1.82, 2.24) is 10.2 Å². The van der Waals surface area contributed by atoms with Crippen LogP contribution in [0.3, 0.4) is 0 Å². The van der Waals surface area contributed by atoms with Crippen LogP contribution in [-0.2, 0) is 0 Å². The number of aromatic amines is 1. The number of halogens is 2. The fourth-order valence-corrected chi connectivity index (χ4v) is 4.73. The summed E-state index contributed by atoms with van der Waals surface area (Å²) < 4.78 is 0.702. The Morgan fingerprint density at radius 2 is 2.12 bits per heavy atom. The molecule has 0 atom stereocenters. The van der Waals surface area contributed by atoms with Gasteiger partial charge in [-0.1, -0.05) is 25.4 Å². The lowest BCUT2D eigenvalue weighted by atomic mass is 10.1. The van der Waals surface area contributed by atoms with Gasteiger partial charge in [-0.2, -0.15) is 16.9 Å². The summed E-state index contributed by atoms with van der Waals surface area (Å²) in [5.74, 6) is 2.20. The minimum absolute atomic E-state index is 0.250. The van der Waals surface area contributed by atoms with E-state index in [9.17, 15) is 4.79 Å². The number of carbonyl (C=O) groups excluding carboxylic acids is 1. The Kier molecular flexibility index (Phi) is 5.96. The molecule has 3 rings (SSSR count). The van der Waals surface area contributed by atoms with Crippen LogP contribution in [0.2, 0.25) is 5.02 Å². The third kappa shape index (κ3) is 4.15. The molecule has 0 spiro atoms. The van der Waals surface area contributed by atoms with Crippen molar-refractivity contribution in [3.8, 4) is 0 Å². The van der Waals surface area contributed by atoms with Gasteiger partial charge in [0.25, 0.3) is 5.91 Å².